The first-order valence-corrected chi connectivity index (χ1v) is 7.94. The summed E-state index contributed by atoms with van der Waals surface area (Å²) in [7, 11) is 0. The normalized spacial score (nSPS) is 12.2. The Balaban J connectivity index is 1.75. The topological polar surface area (TPSA) is 58.6 Å². The molecule has 1 aromatic heterocycles. The fourth-order valence-corrected chi connectivity index (χ4v) is 2.69. The van der Waals surface area contributed by atoms with E-state index in [2.05, 4.69) is 10.1 Å². The Kier molecular flexibility index (Phi) is 6.49. The molecule has 2 N–H and O–H groups in total. The van der Waals surface area contributed by atoms with Gasteiger partial charge in [0.15, 0.2) is 0 Å². The largest absolute Gasteiger partial charge is 0.435 e. The Morgan fingerprint density at radius 2 is 2.00 bits per heavy atom. The molecule has 4 nitrogen and oxygen atoms in total. The van der Waals surface area contributed by atoms with Crippen LogP contribution in [0.1, 0.15) is 23.0 Å². The molecule has 124 valence electrons. The Morgan fingerprint density at radius 3 is 2.61 bits per heavy atom. The number of hydrogen-bond acceptors (Lipinski definition) is 4. The molecule has 0 fully saturated rings. The van der Waals surface area contributed by atoms with Crippen molar-refractivity contribution >= 4 is 17.2 Å². The number of aryl methyl sites for hydroxylation is 1. The maximum Gasteiger partial charge on any atom is 0.387 e. The minimum atomic E-state index is -2.88. The van der Waals surface area contributed by atoms with E-state index in [1.165, 1.54) is 24.3 Å². The second-order valence-electron chi connectivity index (χ2n) is 4.85. The van der Waals surface area contributed by atoms with Crippen molar-refractivity contribution in [2.45, 2.75) is 25.6 Å². The molecular weight excluding hydrogens is 324 g/mol. The Labute approximate surface area is 136 Å². The van der Waals surface area contributed by atoms with Crippen molar-refractivity contribution in [3.8, 4) is 5.75 Å². The van der Waals surface area contributed by atoms with Gasteiger partial charge in [-0.25, -0.2) is 0 Å². The van der Waals surface area contributed by atoms with Gasteiger partial charge in [-0.05, 0) is 35.6 Å². The van der Waals surface area contributed by atoms with Crippen LogP contribution >= 0.6 is 11.3 Å². The number of carbonyl (C=O) groups excluding carboxylic acids is 1. The Hall–Kier alpha value is -1.99. The summed E-state index contributed by atoms with van der Waals surface area (Å²) in [5.41, 5.74) is 0.519. The Morgan fingerprint density at radius 1 is 1.26 bits per heavy atom. The first kappa shape index (κ1) is 17.4. The van der Waals surface area contributed by atoms with E-state index < -0.39 is 12.7 Å². The number of thiophene rings is 1. The van der Waals surface area contributed by atoms with E-state index >= 15 is 0 Å². The molecular formula is C16H17F2NO3S. The van der Waals surface area contributed by atoms with Crippen LogP contribution in [0.15, 0.2) is 41.8 Å². The maximum atomic E-state index is 12.0. The Bertz CT molecular complexity index is 602. The van der Waals surface area contributed by atoms with Crippen LogP contribution < -0.4 is 10.1 Å². The average molecular weight is 341 g/mol. The van der Waals surface area contributed by atoms with Gasteiger partial charge < -0.3 is 15.2 Å². The van der Waals surface area contributed by atoms with Gasteiger partial charge in [0, 0.05) is 17.8 Å². The highest BCUT2D eigenvalue weighted by Gasteiger charge is 2.11. The van der Waals surface area contributed by atoms with E-state index in [-0.39, 0.29) is 18.2 Å². The number of aliphatic hydroxyl groups is 1. The number of halogens is 2. The molecule has 0 aliphatic carbocycles. The number of hydrogen-bond donors (Lipinski definition) is 2. The standard InChI is InChI=1S/C16H17F2NO3S/c17-16(18)22-12-5-3-11(4-6-12)14(20)10-19-15(21)8-7-13-2-1-9-23-13/h1-6,9,14,16,20H,7-8,10H2,(H,19,21). The van der Waals surface area contributed by atoms with E-state index in [1.807, 2.05) is 17.5 Å². The van der Waals surface area contributed by atoms with E-state index in [0.717, 1.165) is 4.88 Å². The smallest absolute Gasteiger partial charge is 0.387 e. The van der Waals surface area contributed by atoms with E-state index in [4.69, 9.17) is 0 Å². The lowest BCUT2D eigenvalue weighted by Gasteiger charge is -2.13. The predicted octanol–water partition coefficient (Wildman–Crippen LogP) is 3.13. The molecule has 0 saturated heterocycles. The first-order valence-electron chi connectivity index (χ1n) is 7.06. The SMILES string of the molecule is O=C(CCc1cccs1)NCC(O)c1ccc(OC(F)F)cc1. The van der Waals surface area contributed by atoms with Gasteiger partial charge in [0.05, 0.1) is 6.10 Å². The third-order valence-electron chi connectivity index (χ3n) is 3.16. The average Bonchev–Trinajstić information content (AvgIpc) is 3.04. The van der Waals surface area contributed by atoms with Gasteiger partial charge in [0.2, 0.25) is 5.91 Å². The van der Waals surface area contributed by atoms with Gasteiger partial charge in [-0.3, -0.25) is 4.79 Å². The highest BCUT2D eigenvalue weighted by molar-refractivity contribution is 7.09. The second-order valence-corrected chi connectivity index (χ2v) is 5.88. The van der Waals surface area contributed by atoms with Gasteiger partial charge in [0.1, 0.15) is 5.75 Å². The molecule has 1 atom stereocenters. The highest BCUT2D eigenvalue weighted by atomic mass is 32.1. The minimum absolute atomic E-state index is 0.0240. The molecule has 1 unspecified atom stereocenters. The number of nitrogens with one attached hydrogen (secondary N) is 1. The van der Waals surface area contributed by atoms with Crippen molar-refractivity contribution in [3.63, 3.8) is 0 Å². The van der Waals surface area contributed by atoms with Crippen molar-refractivity contribution in [1.82, 2.24) is 5.32 Å². The zero-order chi connectivity index (χ0) is 16.7. The van der Waals surface area contributed by atoms with Gasteiger partial charge >= 0.3 is 6.61 Å². The number of aliphatic hydroxyl groups excluding tert-OH is 1. The van der Waals surface area contributed by atoms with Crippen LogP contribution in [0.4, 0.5) is 8.78 Å². The summed E-state index contributed by atoms with van der Waals surface area (Å²) in [6, 6.07) is 9.58. The number of amides is 1. The number of carbonyl (C=O) groups is 1. The highest BCUT2D eigenvalue weighted by Crippen LogP contribution is 2.19. The third-order valence-corrected chi connectivity index (χ3v) is 4.10. The van der Waals surface area contributed by atoms with Crippen LogP contribution in [-0.4, -0.2) is 24.2 Å². The predicted molar refractivity (Wildman–Crippen MR) is 83.7 cm³/mol. The van der Waals surface area contributed by atoms with Gasteiger partial charge in [-0.2, -0.15) is 8.78 Å². The first-order chi connectivity index (χ1) is 11.0. The summed E-state index contributed by atoms with van der Waals surface area (Å²) in [6.07, 6.45) is 0.120. The number of alkyl halides is 2. The molecule has 0 bridgehead atoms. The molecule has 7 heteroatoms. The van der Waals surface area contributed by atoms with Gasteiger partial charge in [0.25, 0.3) is 0 Å². The number of benzene rings is 1. The lowest BCUT2D eigenvalue weighted by Crippen LogP contribution is -2.28. The zero-order valence-corrected chi connectivity index (χ0v) is 13.1. The summed E-state index contributed by atoms with van der Waals surface area (Å²) in [5, 5.41) is 14.6. The van der Waals surface area contributed by atoms with E-state index in [9.17, 15) is 18.7 Å². The summed E-state index contributed by atoms with van der Waals surface area (Å²) < 4.78 is 28.3. The minimum Gasteiger partial charge on any atom is -0.435 e. The van der Waals surface area contributed by atoms with Crippen molar-refractivity contribution in [3.05, 3.63) is 52.2 Å². The van der Waals surface area contributed by atoms with Gasteiger partial charge in [-0.1, -0.05) is 18.2 Å². The molecule has 1 aromatic carbocycles. The fourth-order valence-electron chi connectivity index (χ4n) is 1.98. The monoisotopic (exact) mass is 341 g/mol. The lowest BCUT2D eigenvalue weighted by atomic mass is 10.1. The van der Waals surface area contributed by atoms with Crippen molar-refractivity contribution in [2.75, 3.05) is 6.54 Å². The molecule has 1 heterocycles. The quantitative estimate of drug-likeness (QED) is 0.775. The van der Waals surface area contributed by atoms with E-state index in [1.54, 1.807) is 11.3 Å². The third kappa shape index (κ3) is 5.96. The van der Waals surface area contributed by atoms with Crippen LogP contribution in [0.2, 0.25) is 0 Å². The van der Waals surface area contributed by atoms with Crippen LogP contribution in [-0.2, 0) is 11.2 Å². The van der Waals surface area contributed by atoms with Crippen LogP contribution in [0.5, 0.6) is 5.75 Å². The van der Waals surface area contributed by atoms with E-state index in [0.29, 0.717) is 18.4 Å². The molecule has 0 saturated carbocycles. The molecule has 23 heavy (non-hydrogen) atoms. The van der Waals surface area contributed by atoms with Gasteiger partial charge in [-0.15, -0.1) is 11.3 Å². The number of rotatable bonds is 8. The summed E-state index contributed by atoms with van der Waals surface area (Å²) in [6.45, 7) is -2.81. The van der Waals surface area contributed by atoms with Crippen LogP contribution in [0.25, 0.3) is 0 Å². The maximum absolute atomic E-state index is 12.0. The number of ether oxygens (including phenoxy) is 1. The summed E-state index contributed by atoms with van der Waals surface area (Å²) in [5.74, 6) is -0.119. The molecule has 2 rings (SSSR count). The molecule has 2 aromatic rings. The summed E-state index contributed by atoms with van der Waals surface area (Å²) >= 11 is 1.60. The van der Waals surface area contributed by atoms with Crippen molar-refractivity contribution in [2.24, 2.45) is 0 Å². The lowest BCUT2D eigenvalue weighted by molar-refractivity contribution is -0.121. The molecule has 0 aliphatic rings. The molecule has 1 amide bonds. The summed E-state index contributed by atoms with van der Waals surface area (Å²) in [4.78, 5) is 12.9. The van der Waals surface area contributed by atoms with Crippen molar-refractivity contribution in [1.29, 1.82) is 0 Å². The second kappa shape index (κ2) is 8.59. The molecule has 0 aliphatic heterocycles. The van der Waals surface area contributed by atoms with Crippen LogP contribution in [0, 0.1) is 0 Å². The fraction of sp³-hybridized carbons (Fsp3) is 0.312. The van der Waals surface area contributed by atoms with Crippen molar-refractivity contribution < 1.29 is 23.4 Å². The molecule has 0 radical (unpaired) electrons. The zero-order valence-electron chi connectivity index (χ0n) is 12.2. The molecule has 0 spiro atoms. The van der Waals surface area contributed by atoms with Crippen LogP contribution in [0.3, 0.4) is 0 Å².